The Hall–Kier alpha value is -6.35. The molecule has 7 aromatic carbocycles. The van der Waals surface area contributed by atoms with Crippen LogP contribution in [0.2, 0.25) is 0 Å². The zero-order valence-electron chi connectivity index (χ0n) is 26.6. The minimum absolute atomic E-state index is 0.379. The van der Waals surface area contributed by atoms with Crippen molar-refractivity contribution in [2.45, 2.75) is 0 Å². The van der Waals surface area contributed by atoms with E-state index in [0.29, 0.717) is 45.0 Å². The zero-order chi connectivity index (χ0) is 34.5. The normalized spacial score (nSPS) is 13.1. The molecule has 0 bridgehead atoms. The largest absolute Gasteiger partial charge is 0.311 e. The third-order valence-electron chi connectivity index (χ3n) is 10.0. The topological polar surface area (TPSA) is 11.4 Å². The Balaban J connectivity index is 1.45. The van der Waals surface area contributed by atoms with Crippen LogP contribution in [0.1, 0.15) is 0 Å². The van der Waals surface area contributed by atoms with Crippen molar-refractivity contribution in [3.05, 3.63) is 169 Å². The van der Waals surface area contributed by atoms with Crippen LogP contribution in [0, 0.1) is 29.1 Å². The number of aromatic nitrogens is 1. The first-order valence-electron chi connectivity index (χ1n) is 16.4. The van der Waals surface area contributed by atoms with Gasteiger partial charge in [-0.25, -0.2) is 22.0 Å². The van der Waals surface area contributed by atoms with E-state index >= 15 is 8.78 Å². The second-order valence-electron chi connectivity index (χ2n) is 12.8. The van der Waals surface area contributed by atoms with Gasteiger partial charge < -0.3 is 14.4 Å². The van der Waals surface area contributed by atoms with E-state index < -0.39 is 30.0 Å². The van der Waals surface area contributed by atoms with Crippen LogP contribution < -0.4 is 26.2 Å². The first-order valence-corrected chi connectivity index (χ1v) is 16.4. The highest BCUT2D eigenvalue weighted by atomic mass is 19.1. The summed E-state index contributed by atoms with van der Waals surface area (Å²) in [6, 6.07) is 37.6. The number of hydrogen-bond donors (Lipinski definition) is 0. The molecule has 0 N–H and O–H groups in total. The van der Waals surface area contributed by atoms with E-state index in [1.165, 1.54) is 60.7 Å². The monoisotopic (exact) mass is 675 g/mol. The molecule has 0 fully saturated rings. The first kappa shape index (κ1) is 29.6. The summed E-state index contributed by atoms with van der Waals surface area (Å²) in [5, 5.41) is 1.78. The molecule has 0 spiro atoms. The van der Waals surface area contributed by atoms with Gasteiger partial charge in [-0.2, -0.15) is 0 Å². The fourth-order valence-corrected chi connectivity index (χ4v) is 8.04. The van der Waals surface area contributed by atoms with Gasteiger partial charge >= 0.3 is 0 Å². The van der Waals surface area contributed by atoms with Gasteiger partial charge in [-0.15, -0.1) is 0 Å². The van der Waals surface area contributed by atoms with E-state index in [0.717, 1.165) is 33.0 Å². The summed E-state index contributed by atoms with van der Waals surface area (Å²) in [4.78, 5) is 3.98. The Morgan fingerprint density at radius 1 is 0.412 bits per heavy atom. The van der Waals surface area contributed by atoms with Crippen LogP contribution in [0.5, 0.6) is 0 Å². The van der Waals surface area contributed by atoms with Crippen molar-refractivity contribution in [2.24, 2.45) is 0 Å². The van der Waals surface area contributed by atoms with Crippen LogP contribution in [0.25, 0.3) is 27.5 Å². The Morgan fingerprint density at radius 2 is 0.902 bits per heavy atom. The average molecular weight is 675 g/mol. The third-order valence-corrected chi connectivity index (χ3v) is 10.0. The number of hydrogen-bond acceptors (Lipinski definition) is 2. The summed E-state index contributed by atoms with van der Waals surface area (Å²) < 4.78 is 76.1. The highest BCUT2D eigenvalue weighted by Crippen LogP contribution is 2.49. The number of nitrogens with zero attached hydrogens (tertiary/aromatic N) is 3. The van der Waals surface area contributed by atoms with E-state index in [1.807, 2.05) is 34.1 Å². The molecule has 10 rings (SSSR count). The van der Waals surface area contributed by atoms with Gasteiger partial charge in [0.2, 0.25) is 0 Å². The molecule has 0 radical (unpaired) electrons. The number of rotatable bonds is 3. The molecule has 0 atom stereocenters. The van der Waals surface area contributed by atoms with Gasteiger partial charge in [0.15, 0.2) is 0 Å². The fourth-order valence-electron chi connectivity index (χ4n) is 8.04. The van der Waals surface area contributed by atoms with Crippen LogP contribution in [0.4, 0.5) is 56.1 Å². The van der Waals surface area contributed by atoms with Crippen LogP contribution in [-0.4, -0.2) is 11.3 Å². The van der Waals surface area contributed by atoms with Crippen molar-refractivity contribution in [2.75, 3.05) is 9.80 Å². The third kappa shape index (κ3) is 4.30. The average Bonchev–Trinajstić information content (AvgIpc) is 3.47. The van der Waals surface area contributed by atoms with E-state index in [9.17, 15) is 13.2 Å². The molecule has 1 aromatic heterocycles. The lowest BCUT2D eigenvalue weighted by Gasteiger charge is -2.44. The van der Waals surface area contributed by atoms with Gasteiger partial charge in [-0.05, 0) is 138 Å². The van der Waals surface area contributed by atoms with Crippen LogP contribution in [0.15, 0.2) is 140 Å². The second-order valence-corrected chi connectivity index (χ2v) is 12.8. The molecule has 51 heavy (non-hydrogen) atoms. The van der Waals surface area contributed by atoms with Gasteiger partial charge in [-0.3, -0.25) is 0 Å². The number of anilines is 6. The summed E-state index contributed by atoms with van der Waals surface area (Å²) >= 11 is 0. The van der Waals surface area contributed by atoms with Crippen LogP contribution >= 0.6 is 0 Å². The summed E-state index contributed by atoms with van der Waals surface area (Å²) in [7, 11) is 0. The van der Waals surface area contributed by atoms with Gasteiger partial charge in [0.05, 0.1) is 16.7 Å². The van der Waals surface area contributed by atoms with Crippen molar-refractivity contribution < 1.29 is 22.0 Å². The highest BCUT2D eigenvalue weighted by molar-refractivity contribution is 7.00. The smallest absolute Gasteiger partial charge is 0.252 e. The van der Waals surface area contributed by atoms with Crippen molar-refractivity contribution in [1.29, 1.82) is 0 Å². The molecule has 0 aliphatic carbocycles. The Labute approximate surface area is 289 Å². The summed E-state index contributed by atoms with van der Waals surface area (Å²) in [5.41, 5.74) is 8.29. The Bertz CT molecular complexity index is 2690. The zero-order valence-corrected chi connectivity index (χ0v) is 26.6. The molecule has 0 amide bonds. The van der Waals surface area contributed by atoms with Gasteiger partial charge in [0.1, 0.15) is 29.1 Å². The minimum Gasteiger partial charge on any atom is -0.311 e. The lowest BCUT2D eigenvalue weighted by Crippen LogP contribution is -2.61. The molecular formula is C42H23BF5N3. The summed E-state index contributed by atoms with van der Waals surface area (Å²) in [6.45, 7) is -0.635. The molecule has 0 saturated carbocycles. The number of fused-ring (bicyclic) bond motifs is 8. The SMILES string of the molecule is Fc1ccc(N2c3ccc(F)cc3B3c4cc(F)ccc4N(c4ccc(F)cc4)c4c3c2cc2c3ccccc3n(-c3ccc(F)cc3)c42)cc1. The van der Waals surface area contributed by atoms with E-state index in [4.69, 9.17) is 0 Å². The van der Waals surface area contributed by atoms with E-state index in [2.05, 4.69) is 10.6 Å². The maximum Gasteiger partial charge on any atom is 0.252 e. The maximum absolute atomic E-state index is 15.4. The predicted octanol–water partition coefficient (Wildman–Crippen LogP) is 9.56. The van der Waals surface area contributed by atoms with E-state index in [1.54, 1.807) is 48.5 Å². The second kappa shape index (κ2) is 10.8. The highest BCUT2D eigenvalue weighted by Gasteiger charge is 2.45. The predicted molar refractivity (Wildman–Crippen MR) is 195 cm³/mol. The fraction of sp³-hybridized carbons (Fsp3) is 0. The molecule has 8 aromatic rings. The molecule has 2 aliphatic rings. The molecule has 0 saturated heterocycles. The quantitative estimate of drug-likeness (QED) is 0.137. The Kier molecular flexibility index (Phi) is 6.28. The molecule has 9 heteroatoms. The van der Waals surface area contributed by atoms with Gasteiger partial charge in [0.25, 0.3) is 6.71 Å². The van der Waals surface area contributed by atoms with Gasteiger partial charge in [0, 0.05) is 44.9 Å². The first-order chi connectivity index (χ1) is 24.9. The lowest BCUT2D eigenvalue weighted by atomic mass is 9.33. The molecule has 3 heterocycles. The van der Waals surface area contributed by atoms with Gasteiger partial charge in [-0.1, -0.05) is 18.2 Å². The maximum atomic E-state index is 15.4. The van der Waals surface area contributed by atoms with Crippen molar-refractivity contribution >= 4 is 79.0 Å². The molecule has 3 nitrogen and oxygen atoms in total. The Morgan fingerprint density at radius 3 is 1.49 bits per heavy atom. The molecular weight excluding hydrogens is 652 g/mol. The van der Waals surface area contributed by atoms with Crippen molar-refractivity contribution in [3.63, 3.8) is 0 Å². The number of halogens is 5. The van der Waals surface area contributed by atoms with Crippen LogP contribution in [-0.2, 0) is 0 Å². The molecule has 244 valence electrons. The van der Waals surface area contributed by atoms with Crippen LogP contribution in [0.3, 0.4) is 0 Å². The summed E-state index contributed by atoms with van der Waals surface area (Å²) in [6.07, 6.45) is 0. The van der Waals surface area contributed by atoms with E-state index in [-0.39, 0.29) is 5.82 Å². The summed E-state index contributed by atoms with van der Waals surface area (Å²) in [5.74, 6) is -2.12. The minimum atomic E-state index is -0.635. The number of benzene rings is 7. The standard InChI is InChI=1S/C42H23BF5N3/c44-24-5-13-29(14-6-24)49-37-19-11-27(47)21-34(37)43-35-22-28(48)12-20-38(35)51(31-17-9-26(46)10-18-31)42-40(43)39(49)23-33-32-3-1-2-4-36(32)50(41(33)42)30-15-7-25(45)8-16-30/h1-23H. The lowest BCUT2D eigenvalue weighted by molar-refractivity contribution is 0.627. The van der Waals surface area contributed by atoms with Crippen molar-refractivity contribution in [1.82, 2.24) is 4.57 Å². The molecule has 0 unspecified atom stereocenters. The number of para-hydroxylation sites is 1. The van der Waals surface area contributed by atoms with Crippen molar-refractivity contribution in [3.8, 4) is 5.69 Å². The molecule has 2 aliphatic heterocycles.